The van der Waals surface area contributed by atoms with Gasteiger partial charge in [-0.05, 0) is 31.0 Å². The predicted octanol–water partition coefficient (Wildman–Crippen LogP) is 2.46. The molecule has 1 aromatic carbocycles. The molecule has 5 heteroatoms. The van der Waals surface area contributed by atoms with E-state index in [1.807, 2.05) is 13.8 Å². The van der Waals surface area contributed by atoms with Gasteiger partial charge in [-0.25, -0.2) is 4.79 Å². The van der Waals surface area contributed by atoms with Crippen LogP contribution in [-0.2, 0) is 4.79 Å². The fourth-order valence-electron chi connectivity index (χ4n) is 1.73. The van der Waals surface area contributed by atoms with E-state index in [2.05, 4.69) is 5.32 Å². The Labute approximate surface area is 118 Å². The number of carboxylic acids is 1. The first-order valence-corrected chi connectivity index (χ1v) is 6.85. The molecule has 0 spiro atoms. The van der Waals surface area contributed by atoms with Crippen LogP contribution < -0.4 is 10.1 Å². The molecule has 0 aromatic heterocycles. The van der Waals surface area contributed by atoms with Crippen LogP contribution in [0, 0.1) is 0 Å². The zero-order valence-electron chi connectivity index (χ0n) is 11.9. The molecule has 0 aliphatic heterocycles. The maximum atomic E-state index is 12.0. The first-order chi connectivity index (χ1) is 9.58. The van der Waals surface area contributed by atoms with E-state index >= 15 is 0 Å². The predicted molar refractivity (Wildman–Crippen MR) is 76.0 cm³/mol. The van der Waals surface area contributed by atoms with Crippen LogP contribution in [0.1, 0.15) is 43.5 Å². The molecule has 5 nitrogen and oxygen atoms in total. The second-order valence-electron chi connectivity index (χ2n) is 4.53. The van der Waals surface area contributed by atoms with E-state index < -0.39 is 17.9 Å². The molecule has 1 amide bonds. The van der Waals surface area contributed by atoms with E-state index in [1.54, 1.807) is 24.3 Å². The van der Waals surface area contributed by atoms with Gasteiger partial charge in [0.25, 0.3) is 5.91 Å². The average Bonchev–Trinajstić information content (AvgIpc) is 2.44. The molecule has 0 aliphatic rings. The van der Waals surface area contributed by atoms with Gasteiger partial charge in [0.05, 0.1) is 6.61 Å². The lowest BCUT2D eigenvalue weighted by Crippen LogP contribution is -2.40. The van der Waals surface area contributed by atoms with Gasteiger partial charge in [-0.15, -0.1) is 0 Å². The van der Waals surface area contributed by atoms with E-state index in [-0.39, 0.29) is 0 Å². The van der Waals surface area contributed by atoms with Gasteiger partial charge in [0.2, 0.25) is 0 Å². The van der Waals surface area contributed by atoms with Gasteiger partial charge in [-0.2, -0.15) is 0 Å². The lowest BCUT2D eigenvalue weighted by Gasteiger charge is -2.14. The highest BCUT2D eigenvalue weighted by atomic mass is 16.5. The van der Waals surface area contributed by atoms with Crippen molar-refractivity contribution in [2.45, 2.75) is 39.2 Å². The third-order valence-electron chi connectivity index (χ3n) is 2.75. The van der Waals surface area contributed by atoms with Gasteiger partial charge in [-0.1, -0.05) is 26.3 Å². The lowest BCUT2D eigenvalue weighted by molar-refractivity contribution is -0.139. The van der Waals surface area contributed by atoms with E-state index in [0.29, 0.717) is 30.8 Å². The second-order valence-corrected chi connectivity index (χ2v) is 4.53. The molecule has 1 aromatic rings. The van der Waals surface area contributed by atoms with Crippen molar-refractivity contribution in [3.63, 3.8) is 0 Å². The Morgan fingerprint density at radius 3 is 2.65 bits per heavy atom. The molecular weight excluding hydrogens is 258 g/mol. The van der Waals surface area contributed by atoms with Crippen LogP contribution in [-0.4, -0.2) is 29.6 Å². The number of amides is 1. The third-order valence-corrected chi connectivity index (χ3v) is 2.75. The highest BCUT2D eigenvalue weighted by Crippen LogP contribution is 2.14. The summed E-state index contributed by atoms with van der Waals surface area (Å²) < 4.78 is 5.45. The summed E-state index contributed by atoms with van der Waals surface area (Å²) in [6.45, 7) is 4.46. The van der Waals surface area contributed by atoms with E-state index in [9.17, 15) is 9.59 Å². The fourth-order valence-corrected chi connectivity index (χ4v) is 1.73. The first kappa shape index (κ1) is 16.0. The lowest BCUT2D eigenvalue weighted by atomic mass is 10.1. The van der Waals surface area contributed by atoms with Gasteiger partial charge in [0.15, 0.2) is 0 Å². The van der Waals surface area contributed by atoms with Gasteiger partial charge in [0, 0.05) is 5.56 Å². The largest absolute Gasteiger partial charge is 0.494 e. The smallest absolute Gasteiger partial charge is 0.326 e. The summed E-state index contributed by atoms with van der Waals surface area (Å²) in [5.41, 5.74) is 0.404. The monoisotopic (exact) mass is 279 g/mol. The molecule has 1 rings (SSSR count). The molecule has 0 saturated carbocycles. The van der Waals surface area contributed by atoms with Crippen LogP contribution in [0.25, 0.3) is 0 Å². The maximum Gasteiger partial charge on any atom is 0.326 e. The number of carbonyl (C=O) groups excluding carboxylic acids is 1. The summed E-state index contributed by atoms with van der Waals surface area (Å²) in [5, 5.41) is 11.6. The first-order valence-electron chi connectivity index (χ1n) is 6.85. The van der Waals surface area contributed by atoms with Crippen LogP contribution in [0.3, 0.4) is 0 Å². The average molecular weight is 279 g/mol. The second kappa shape index (κ2) is 8.19. The number of hydrogen-bond donors (Lipinski definition) is 2. The van der Waals surface area contributed by atoms with Crippen molar-refractivity contribution in [1.29, 1.82) is 0 Å². The molecule has 2 N–H and O–H groups in total. The van der Waals surface area contributed by atoms with Crippen LogP contribution in [0.4, 0.5) is 0 Å². The van der Waals surface area contributed by atoms with Crippen molar-refractivity contribution >= 4 is 11.9 Å². The molecule has 0 saturated heterocycles. The van der Waals surface area contributed by atoms with E-state index in [4.69, 9.17) is 9.84 Å². The number of carboxylic acid groups (broad SMARTS) is 1. The molecule has 110 valence electrons. The Morgan fingerprint density at radius 2 is 2.05 bits per heavy atom. The zero-order chi connectivity index (χ0) is 15.0. The van der Waals surface area contributed by atoms with Crippen molar-refractivity contribution in [1.82, 2.24) is 5.32 Å². The van der Waals surface area contributed by atoms with E-state index in [0.717, 1.165) is 6.42 Å². The summed E-state index contributed by atoms with van der Waals surface area (Å²) in [6.07, 6.45) is 1.98. The number of carbonyl (C=O) groups is 2. The van der Waals surface area contributed by atoms with Gasteiger partial charge < -0.3 is 15.2 Å². The van der Waals surface area contributed by atoms with Crippen molar-refractivity contribution < 1.29 is 19.4 Å². The molecular formula is C15H21NO4. The minimum atomic E-state index is -1.02. The SMILES string of the molecule is CCCOc1cccc(C(=O)N[C@H](CCC)C(=O)O)c1. The van der Waals surface area contributed by atoms with Crippen LogP contribution in [0.5, 0.6) is 5.75 Å². The third kappa shape index (κ3) is 4.91. The summed E-state index contributed by atoms with van der Waals surface area (Å²) in [7, 11) is 0. The molecule has 0 radical (unpaired) electrons. The fraction of sp³-hybridized carbons (Fsp3) is 0.467. The number of ether oxygens (including phenoxy) is 1. The van der Waals surface area contributed by atoms with Crippen LogP contribution in [0.15, 0.2) is 24.3 Å². The minimum absolute atomic E-state index is 0.396. The summed E-state index contributed by atoms with van der Waals surface area (Å²) in [4.78, 5) is 23.1. The molecule has 0 unspecified atom stereocenters. The van der Waals surface area contributed by atoms with E-state index in [1.165, 1.54) is 0 Å². The number of hydrogen-bond acceptors (Lipinski definition) is 3. The van der Waals surface area contributed by atoms with Crippen molar-refractivity contribution in [2.75, 3.05) is 6.61 Å². The zero-order valence-corrected chi connectivity index (χ0v) is 11.9. The van der Waals surface area contributed by atoms with Gasteiger partial charge in [-0.3, -0.25) is 4.79 Å². The van der Waals surface area contributed by atoms with Crippen molar-refractivity contribution in [3.05, 3.63) is 29.8 Å². The number of aliphatic carboxylic acids is 1. The number of rotatable bonds is 8. The number of nitrogens with one attached hydrogen (secondary N) is 1. The number of benzene rings is 1. The van der Waals surface area contributed by atoms with Crippen LogP contribution >= 0.6 is 0 Å². The molecule has 20 heavy (non-hydrogen) atoms. The Kier molecular flexibility index (Phi) is 6.56. The summed E-state index contributed by atoms with van der Waals surface area (Å²) in [6, 6.07) is 5.89. The molecule has 0 heterocycles. The molecule has 0 fully saturated rings. The topological polar surface area (TPSA) is 75.6 Å². The highest BCUT2D eigenvalue weighted by Gasteiger charge is 2.19. The van der Waals surface area contributed by atoms with Gasteiger partial charge >= 0.3 is 5.97 Å². The van der Waals surface area contributed by atoms with Crippen molar-refractivity contribution in [2.24, 2.45) is 0 Å². The van der Waals surface area contributed by atoms with Gasteiger partial charge in [0.1, 0.15) is 11.8 Å². The molecule has 0 aliphatic carbocycles. The molecule has 1 atom stereocenters. The minimum Gasteiger partial charge on any atom is -0.494 e. The Bertz CT molecular complexity index is 459. The maximum absolute atomic E-state index is 12.0. The normalized spacial score (nSPS) is 11.7. The Hall–Kier alpha value is -2.04. The standard InChI is InChI=1S/C15H21NO4/c1-3-6-13(15(18)19)16-14(17)11-7-5-8-12(10-11)20-9-4-2/h5,7-8,10,13H,3-4,6,9H2,1-2H3,(H,16,17)(H,18,19)/t13-/m1/s1. The van der Waals surface area contributed by atoms with Crippen LogP contribution in [0.2, 0.25) is 0 Å². The Morgan fingerprint density at radius 1 is 1.30 bits per heavy atom. The highest BCUT2D eigenvalue weighted by molar-refractivity contribution is 5.96. The molecule has 0 bridgehead atoms. The van der Waals surface area contributed by atoms with Crippen molar-refractivity contribution in [3.8, 4) is 5.75 Å². The summed E-state index contributed by atoms with van der Waals surface area (Å²) in [5.74, 6) is -0.798. The summed E-state index contributed by atoms with van der Waals surface area (Å²) >= 11 is 0. The Balaban J connectivity index is 2.73. The quantitative estimate of drug-likeness (QED) is 0.766.